The Labute approximate surface area is 201 Å². The van der Waals surface area contributed by atoms with E-state index in [4.69, 9.17) is 9.47 Å². The number of nitrogens with zero attached hydrogens (tertiary/aromatic N) is 3. The number of amides is 1. The molecule has 4 rings (SSSR count). The molecule has 0 spiro atoms. The number of thiazole rings is 1. The fraction of sp³-hybridized carbons (Fsp3) is 0.208. The molecule has 10 heteroatoms. The van der Waals surface area contributed by atoms with E-state index >= 15 is 0 Å². The number of fused-ring (bicyclic) bond motifs is 1. The average molecular weight is 498 g/mol. The molecule has 1 amide bonds. The summed E-state index contributed by atoms with van der Waals surface area (Å²) in [6.07, 6.45) is 1.62. The zero-order valence-corrected chi connectivity index (χ0v) is 20.3. The Kier molecular flexibility index (Phi) is 7.09. The lowest BCUT2D eigenvalue weighted by atomic mass is 10.3. The lowest BCUT2D eigenvalue weighted by Gasteiger charge is -2.19. The Morgan fingerprint density at radius 2 is 1.85 bits per heavy atom. The second kappa shape index (κ2) is 10.2. The van der Waals surface area contributed by atoms with Gasteiger partial charge < -0.3 is 9.47 Å². The molecule has 0 saturated carbocycles. The van der Waals surface area contributed by atoms with Crippen LogP contribution in [0.2, 0.25) is 0 Å². The van der Waals surface area contributed by atoms with E-state index in [2.05, 4.69) is 9.97 Å². The van der Waals surface area contributed by atoms with Crippen molar-refractivity contribution in [3.63, 3.8) is 0 Å². The quantitative estimate of drug-likeness (QED) is 0.343. The number of hydrogen-bond acceptors (Lipinski definition) is 8. The summed E-state index contributed by atoms with van der Waals surface area (Å²) in [6.45, 7) is 2.44. The van der Waals surface area contributed by atoms with Crippen molar-refractivity contribution in [1.29, 1.82) is 0 Å². The maximum atomic E-state index is 13.4. The summed E-state index contributed by atoms with van der Waals surface area (Å²) in [7, 11) is -2.39. The minimum absolute atomic E-state index is 0.0439. The van der Waals surface area contributed by atoms with Crippen LogP contribution in [0, 0.1) is 0 Å². The van der Waals surface area contributed by atoms with E-state index in [0.29, 0.717) is 34.4 Å². The van der Waals surface area contributed by atoms with E-state index in [-0.39, 0.29) is 11.4 Å². The number of hydrogen-bond donors (Lipinski definition) is 0. The van der Waals surface area contributed by atoms with Crippen LogP contribution in [0.1, 0.15) is 12.6 Å². The van der Waals surface area contributed by atoms with Crippen molar-refractivity contribution in [2.45, 2.75) is 18.4 Å². The van der Waals surface area contributed by atoms with Crippen LogP contribution in [0.15, 0.2) is 71.8 Å². The molecule has 2 aromatic heterocycles. The van der Waals surface area contributed by atoms with Gasteiger partial charge in [-0.05, 0) is 55.5 Å². The lowest BCUT2D eigenvalue weighted by molar-refractivity contribution is -0.116. The van der Waals surface area contributed by atoms with Crippen LogP contribution in [0.5, 0.6) is 11.5 Å². The van der Waals surface area contributed by atoms with Crippen LogP contribution in [0.25, 0.3) is 10.2 Å². The molecule has 0 aliphatic carbocycles. The number of para-hydroxylation sites is 1. The third kappa shape index (κ3) is 5.18. The number of aromatic nitrogens is 2. The molecule has 34 heavy (non-hydrogen) atoms. The highest BCUT2D eigenvalue weighted by molar-refractivity contribution is 7.92. The third-order valence-electron chi connectivity index (χ3n) is 4.98. The predicted octanol–water partition coefficient (Wildman–Crippen LogP) is 4.11. The first-order valence-corrected chi connectivity index (χ1v) is 13.0. The molecular weight excluding hydrogens is 474 g/mol. The number of carbonyl (C=O) groups excluding carboxylic acids is 1. The second-order valence-electron chi connectivity index (χ2n) is 7.27. The SMILES string of the molecule is CCOc1cccc2sc(N(Cc3ccccn3)C(=O)CS(=O)(=O)c3ccc(OC)cc3)nc12. The highest BCUT2D eigenvalue weighted by Gasteiger charge is 2.27. The molecule has 0 radical (unpaired) electrons. The van der Waals surface area contributed by atoms with Crippen LogP contribution in [-0.4, -0.2) is 43.8 Å². The van der Waals surface area contributed by atoms with E-state index in [1.54, 1.807) is 30.5 Å². The summed E-state index contributed by atoms with van der Waals surface area (Å²) < 4.78 is 37.6. The Morgan fingerprint density at radius 1 is 1.06 bits per heavy atom. The van der Waals surface area contributed by atoms with Gasteiger partial charge in [0.15, 0.2) is 15.0 Å². The van der Waals surface area contributed by atoms with Crippen LogP contribution in [-0.2, 0) is 21.2 Å². The molecule has 4 aromatic rings. The van der Waals surface area contributed by atoms with E-state index in [0.717, 1.165) is 4.70 Å². The fourth-order valence-corrected chi connectivity index (χ4v) is 5.52. The van der Waals surface area contributed by atoms with Crippen molar-refractivity contribution in [2.24, 2.45) is 0 Å². The number of rotatable bonds is 9. The van der Waals surface area contributed by atoms with E-state index in [1.807, 2.05) is 31.2 Å². The van der Waals surface area contributed by atoms with Crippen molar-refractivity contribution in [3.05, 3.63) is 72.6 Å². The van der Waals surface area contributed by atoms with Crippen LogP contribution in [0.4, 0.5) is 5.13 Å². The third-order valence-corrected chi connectivity index (χ3v) is 7.64. The first kappa shape index (κ1) is 23.7. The molecule has 0 unspecified atom stereocenters. The molecule has 8 nitrogen and oxygen atoms in total. The summed E-state index contributed by atoms with van der Waals surface area (Å²) in [5.41, 5.74) is 1.24. The van der Waals surface area contributed by atoms with Gasteiger partial charge in [0.1, 0.15) is 22.8 Å². The van der Waals surface area contributed by atoms with Crippen LogP contribution >= 0.6 is 11.3 Å². The van der Waals surface area contributed by atoms with Gasteiger partial charge in [0.2, 0.25) is 5.91 Å². The fourth-order valence-electron chi connectivity index (χ4n) is 3.32. The largest absolute Gasteiger partial charge is 0.497 e. The van der Waals surface area contributed by atoms with Gasteiger partial charge in [-0.15, -0.1) is 0 Å². The predicted molar refractivity (Wildman–Crippen MR) is 131 cm³/mol. The normalized spacial score (nSPS) is 11.4. The van der Waals surface area contributed by atoms with E-state index < -0.39 is 21.5 Å². The highest BCUT2D eigenvalue weighted by Crippen LogP contribution is 2.35. The summed E-state index contributed by atoms with van der Waals surface area (Å²) in [5.74, 6) is -0.167. The highest BCUT2D eigenvalue weighted by atomic mass is 32.2. The van der Waals surface area contributed by atoms with Crippen molar-refractivity contribution in [2.75, 3.05) is 24.4 Å². The standard InChI is InChI=1S/C24H23N3O5S2/c1-3-32-20-8-6-9-21-23(20)26-24(33-21)27(15-17-7-4-5-14-25-17)22(28)16-34(29,30)19-12-10-18(31-2)11-13-19/h4-14H,3,15-16H2,1-2H3. The molecule has 0 atom stereocenters. The van der Waals surface area contributed by atoms with Crippen LogP contribution in [0.3, 0.4) is 0 Å². The smallest absolute Gasteiger partial charge is 0.244 e. The molecule has 0 N–H and O–H groups in total. The van der Waals surface area contributed by atoms with Gasteiger partial charge in [-0.25, -0.2) is 13.4 Å². The van der Waals surface area contributed by atoms with Gasteiger partial charge in [-0.3, -0.25) is 14.7 Å². The van der Waals surface area contributed by atoms with Crippen LogP contribution < -0.4 is 14.4 Å². The molecule has 2 aromatic carbocycles. The van der Waals surface area contributed by atoms with Gasteiger partial charge in [-0.1, -0.05) is 23.5 Å². The number of methoxy groups -OCH3 is 1. The second-order valence-corrected chi connectivity index (χ2v) is 10.3. The van der Waals surface area contributed by atoms with E-state index in [9.17, 15) is 13.2 Å². The summed E-state index contributed by atoms with van der Waals surface area (Å²) in [6, 6.07) is 16.9. The Balaban J connectivity index is 1.69. The Morgan fingerprint density at radius 3 is 2.53 bits per heavy atom. The van der Waals surface area contributed by atoms with Gasteiger partial charge >= 0.3 is 0 Å². The number of pyridine rings is 1. The Hall–Kier alpha value is -3.50. The number of anilines is 1. The maximum Gasteiger partial charge on any atom is 0.244 e. The lowest BCUT2D eigenvalue weighted by Crippen LogP contribution is -2.35. The van der Waals surface area contributed by atoms with Gasteiger partial charge in [0.05, 0.1) is 35.6 Å². The average Bonchev–Trinajstić information content (AvgIpc) is 3.28. The number of sulfone groups is 1. The zero-order chi connectivity index (χ0) is 24.1. The van der Waals surface area contributed by atoms with Gasteiger partial charge in [0, 0.05) is 6.20 Å². The van der Waals surface area contributed by atoms with Crippen molar-refractivity contribution in [3.8, 4) is 11.5 Å². The molecule has 0 saturated heterocycles. The van der Waals surface area contributed by atoms with Gasteiger partial charge in [0.25, 0.3) is 0 Å². The first-order chi connectivity index (χ1) is 16.4. The zero-order valence-electron chi connectivity index (χ0n) is 18.7. The summed E-state index contributed by atoms with van der Waals surface area (Å²) in [5, 5.41) is 0.378. The monoisotopic (exact) mass is 497 g/mol. The van der Waals surface area contributed by atoms with E-state index in [1.165, 1.54) is 35.5 Å². The Bertz CT molecular complexity index is 1390. The number of ether oxygens (including phenoxy) is 2. The summed E-state index contributed by atoms with van der Waals surface area (Å²) in [4.78, 5) is 23.7. The molecule has 176 valence electrons. The molecule has 0 bridgehead atoms. The maximum absolute atomic E-state index is 13.4. The molecule has 0 aliphatic rings. The van der Waals surface area contributed by atoms with Gasteiger partial charge in [-0.2, -0.15) is 0 Å². The molecule has 0 aliphatic heterocycles. The van der Waals surface area contributed by atoms with Crippen molar-refractivity contribution in [1.82, 2.24) is 9.97 Å². The minimum atomic E-state index is -3.89. The molecular formula is C24H23N3O5S2. The molecule has 0 fully saturated rings. The molecule has 2 heterocycles. The number of carbonyl (C=O) groups is 1. The van der Waals surface area contributed by atoms with Crippen molar-refractivity contribution < 1.29 is 22.7 Å². The number of benzene rings is 2. The summed E-state index contributed by atoms with van der Waals surface area (Å²) >= 11 is 1.29. The topological polar surface area (TPSA) is 98.7 Å². The minimum Gasteiger partial charge on any atom is -0.497 e. The van der Waals surface area contributed by atoms with Crippen molar-refractivity contribution >= 4 is 42.4 Å². The first-order valence-electron chi connectivity index (χ1n) is 10.5.